The molecule has 220 valence electrons. The zero-order chi connectivity index (χ0) is 29.1. The van der Waals surface area contributed by atoms with Crippen LogP contribution in [0.25, 0.3) is 11.0 Å². The highest BCUT2D eigenvalue weighted by Gasteiger charge is 2.24. The van der Waals surface area contributed by atoms with E-state index in [0.717, 1.165) is 56.4 Å². The summed E-state index contributed by atoms with van der Waals surface area (Å²) in [6.45, 7) is 10.4. The fraction of sp³-hybridized carbons (Fsp3) is 0.516. The molecule has 0 radical (unpaired) electrons. The van der Waals surface area contributed by atoms with Crippen LogP contribution in [-0.4, -0.2) is 57.9 Å². The van der Waals surface area contributed by atoms with E-state index in [-0.39, 0.29) is 5.78 Å². The Labute approximate surface area is 244 Å². The standard InChI is InChI=1S/C31H44N2O5S2/c1-6-9-19-32(20-10-7-2)21-11-22-37-26-16-13-24(14-17-26)31(34)30-27-23-25(33(39-4)40(5,35)36)15-18-28(27)38-29(30)12-8-3/h13-18,23H,6-12,19-22H2,1-5H3. The summed E-state index contributed by atoms with van der Waals surface area (Å²) >= 11 is 1.10. The van der Waals surface area contributed by atoms with Gasteiger partial charge in [0.25, 0.3) is 0 Å². The molecule has 0 aliphatic heterocycles. The molecule has 0 saturated heterocycles. The number of ketones is 1. The predicted molar refractivity (Wildman–Crippen MR) is 167 cm³/mol. The van der Waals surface area contributed by atoms with E-state index in [1.165, 1.54) is 29.4 Å². The molecular weight excluding hydrogens is 544 g/mol. The van der Waals surface area contributed by atoms with Crippen LogP contribution in [0.15, 0.2) is 46.9 Å². The summed E-state index contributed by atoms with van der Waals surface area (Å²) in [5, 5.41) is 0.615. The van der Waals surface area contributed by atoms with Gasteiger partial charge in [0.2, 0.25) is 10.0 Å². The van der Waals surface area contributed by atoms with E-state index in [4.69, 9.17) is 9.15 Å². The van der Waals surface area contributed by atoms with Gasteiger partial charge in [0.1, 0.15) is 17.1 Å². The largest absolute Gasteiger partial charge is 0.494 e. The van der Waals surface area contributed by atoms with Gasteiger partial charge in [-0.15, -0.1) is 0 Å². The minimum absolute atomic E-state index is 0.150. The van der Waals surface area contributed by atoms with Gasteiger partial charge in [-0.25, -0.2) is 12.1 Å². The Morgan fingerprint density at radius 2 is 1.57 bits per heavy atom. The van der Waals surface area contributed by atoms with Gasteiger partial charge in [-0.1, -0.05) is 33.6 Å². The third-order valence-electron chi connectivity index (χ3n) is 6.79. The van der Waals surface area contributed by atoms with Gasteiger partial charge < -0.3 is 14.1 Å². The van der Waals surface area contributed by atoms with Gasteiger partial charge in [-0.2, -0.15) is 0 Å². The van der Waals surface area contributed by atoms with Crippen LogP contribution in [0.2, 0.25) is 0 Å². The smallest absolute Gasteiger partial charge is 0.241 e. The molecule has 40 heavy (non-hydrogen) atoms. The Morgan fingerprint density at radius 1 is 0.925 bits per heavy atom. The molecule has 0 aliphatic carbocycles. The lowest BCUT2D eigenvalue weighted by Crippen LogP contribution is -2.28. The summed E-state index contributed by atoms with van der Waals surface area (Å²) < 4.78 is 37.9. The predicted octanol–water partition coefficient (Wildman–Crippen LogP) is 7.33. The number of sulfonamides is 1. The number of fused-ring (bicyclic) bond motifs is 1. The van der Waals surface area contributed by atoms with Crippen LogP contribution < -0.4 is 8.45 Å². The third-order valence-corrected chi connectivity index (χ3v) is 9.40. The highest BCUT2D eigenvalue weighted by molar-refractivity contribution is 8.14. The van der Waals surface area contributed by atoms with Crippen molar-refractivity contribution < 1.29 is 22.4 Å². The number of benzene rings is 2. The van der Waals surface area contributed by atoms with E-state index in [1.54, 1.807) is 36.6 Å². The number of hydrogen-bond donors (Lipinski definition) is 0. The SMILES string of the molecule is CCCCN(CCCC)CCCOc1ccc(C(=O)c2c(CCC)oc3ccc(N(SC)S(C)(=O)=O)cc23)cc1. The van der Waals surface area contributed by atoms with Crippen molar-refractivity contribution in [2.45, 2.75) is 65.7 Å². The van der Waals surface area contributed by atoms with Crippen molar-refractivity contribution in [1.82, 2.24) is 4.90 Å². The van der Waals surface area contributed by atoms with Crippen LogP contribution in [0, 0.1) is 0 Å². The molecule has 2 aromatic carbocycles. The van der Waals surface area contributed by atoms with Crippen molar-refractivity contribution in [3.63, 3.8) is 0 Å². The lowest BCUT2D eigenvalue weighted by molar-refractivity contribution is 0.103. The summed E-state index contributed by atoms with van der Waals surface area (Å²) in [6.07, 6.45) is 10.1. The van der Waals surface area contributed by atoms with Gasteiger partial charge in [-0.3, -0.25) is 4.79 Å². The zero-order valence-electron chi connectivity index (χ0n) is 24.6. The Kier molecular flexibility index (Phi) is 12.4. The minimum Gasteiger partial charge on any atom is -0.494 e. The number of aryl methyl sites for hydroxylation is 1. The molecule has 0 atom stereocenters. The van der Waals surface area contributed by atoms with Crippen LogP contribution in [0.5, 0.6) is 5.75 Å². The van der Waals surface area contributed by atoms with Crippen LogP contribution >= 0.6 is 11.9 Å². The number of rotatable bonds is 18. The van der Waals surface area contributed by atoms with E-state index >= 15 is 0 Å². The first-order valence-corrected chi connectivity index (χ1v) is 17.4. The molecule has 9 heteroatoms. The molecule has 3 aromatic rings. The van der Waals surface area contributed by atoms with Gasteiger partial charge in [0.15, 0.2) is 5.78 Å². The van der Waals surface area contributed by atoms with Crippen molar-refractivity contribution in [1.29, 1.82) is 0 Å². The molecule has 1 heterocycles. The van der Waals surface area contributed by atoms with Gasteiger partial charge in [0, 0.05) is 30.2 Å². The number of unbranched alkanes of at least 4 members (excludes halogenated alkanes) is 2. The molecule has 7 nitrogen and oxygen atoms in total. The van der Waals surface area contributed by atoms with E-state index in [1.807, 2.05) is 19.1 Å². The van der Waals surface area contributed by atoms with Crippen molar-refractivity contribution in [3.8, 4) is 5.75 Å². The lowest BCUT2D eigenvalue weighted by Gasteiger charge is -2.21. The zero-order valence-corrected chi connectivity index (χ0v) is 26.2. The lowest BCUT2D eigenvalue weighted by atomic mass is 9.98. The van der Waals surface area contributed by atoms with Crippen molar-refractivity contribution in [3.05, 3.63) is 59.4 Å². The van der Waals surface area contributed by atoms with E-state index < -0.39 is 10.0 Å². The van der Waals surface area contributed by atoms with Crippen molar-refractivity contribution >= 4 is 44.4 Å². The van der Waals surface area contributed by atoms with Crippen molar-refractivity contribution in [2.75, 3.05) is 42.5 Å². The molecule has 0 spiro atoms. The summed E-state index contributed by atoms with van der Waals surface area (Å²) in [5.41, 5.74) is 2.07. The Bertz CT molecular complexity index is 1330. The number of furan rings is 1. The van der Waals surface area contributed by atoms with E-state index in [9.17, 15) is 13.2 Å². The highest BCUT2D eigenvalue weighted by atomic mass is 32.3. The topological polar surface area (TPSA) is 80.1 Å². The molecule has 0 fully saturated rings. The normalized spacial score (nSPS) is 11.8. The number of carbonyl (C=O) groups is 1. The number of anilines is 1. The van der Waals surface area contributed by atoms with Crippen LogP contribution in [-0.2, 0) is 16.4 Å². The molecular formula is C31H44N2O5S2. The molecule has 0 saturated carbocycles. The number of ether oxygens (including phenoxy) is 1. The molecule has 0 aliphatic rings. The Morgan fingerprint density at radius 3 is 2.15 bits per heavy atom. The molecule has 0 N–H and O–H groups in total. The van der Waals surface area contributed by atoms with Gasteiger partial charge in [0.05, 0.1) is 24.1 Å². The average Bonchev–Trinajstić information content (AvgIpc) is 3.29. The van der Waals surface area contributed by atoms with Gasteiger partial charge >= 0.3 is 0 Å². The summed E-state index contributed by atoms with van der Waals surface area (Å²) in [5.74, 6) is 1.20. The van der Waals surface area contributed by atoms with Crippen LogP contribution in [0.3, 0.4) is 0 Å². The second kappa shape index (κ2) is 15.5. The number of nitrogens with zero attached hydrogens (tertiary/aromatic N) is 2. The monoisotopic (exact) mass is 588 g/mol. The quantitative estimate of drug-likeness (QED) is 0.0874. The number of carbonyl (C=O) groups excluding carboxylic acids is 1. The Balaban J connectivity index is 1.75. The summed E-state index contributed by atoms with van der Waals surface area (Å²) in [4.78, 5) is 16.3. The first-order valence-electron chi connectivity index (χ1n) is 14.3. The maximum atomic E-state index is 13.7. The average molecular weight is 589 g/mol. The maximum Gasteiger partial charge on any atom is 0.241 e. The fourth-order valence-corrected chi connectivity index (χ4v) is 6.66. The third kappa shape index (κ3) is 8.51. The highest BCUT2D eigenvalue weighted by Crippen LogP contribution is 2.34. The Hall–Kier alpha value is -2.49. The molecule has 0 bridgehead atoms. The fourth-order valence-electron chi connectivity index (χ4n) is 4.76. The molecule has 3 rings (SSSR count). The first-order chi connectivity index (χ1) is 19.2. The van der Waals surface area contributed by atoms with Crippen LogP contribution in [0.4, 0.5) is 5.69 Å². The van der Waals surface area contributed by atoms with E-state index in [2.05, 4.69) is 18.7 Å². The van der Waals surface area contributed by atoms with Crippen LogP contribution in [0.1, 0.15) is 81.0 Å². The second-order valence-corrected chi connectivity index (χ2v) is 12.9. The van der Waals surface area contributed by atoms with Crippen molar-refractivity contribution in [2.24, 2.45) is 0 Å². The maximum absolute atomic E-state index is 13.7. The summed E-state index contributed by atoms with van der Waals surface area (Å²) in [6, 6.07) is 12.4. The summed E-state index contributed by atoms with van der Waals surface area (Å²) in [7, 11) is -3.49. The molecule has 0 unspecified atom stereocenters. The minimum atomic E-state index is -3.49. The van der Waals surface area contributed by atoms with Gasteiger partial charge in [-0.05, 0) is 93.2 Å². The number of hydrogen-bond acceptors (Lipinski definition) is 7. The first kappa shape index (κ1) is 32.0. The second-order valence-electron chi connectivity index (χ2n) is 10.1. The molecule has 0 amide bonds. The van der Waals surface area contributed by atoms with E-state index in [0.29, 0.717) is 46.6 Å². The molecule has 1 aromatic heterocycles.